The highest BCUT2D eigenvalue weighted by Gasteiger charge is 2.13. The predicted molar refractivity (Wildman–Crippen MR) is 60.7 cm³/mol. The van der Waals surface area contributed by atoms with E-state index in [1.807, 2.05) is 6.20 Å². The SMILES string of the molecule is c1cc2c(c(-c3cnc[nH]3)c1)CCCC2. The number of rotatable bonds is 1. The van der Waals surface area contributed by atoms with Gasteiger partial charge in [-0.25, -0.2) is 4.98 Å². The Bertz CT molecular complexity index is 457. The summed E-state index contributed by atoms with van der Waals surface area (Å²) in [6, 6.07) is 6.60. The lowest BCUT2D eigenvalue weighted by Gasteiger charge is -2.18. The molecule has 1 aliphatic rings. The second-order valence-corrected chi connectivity index (χ2v) is 4.12. The zero-order chi connectivity index (χ0) is 10.1. The molecule has 15 heavy (non-hydrogen) atoms. The van der Waals surface area contributed by atoms with Crippen LogP contribution in [0.2, 0.25) is 0 Å². The lowest BCUT2D eigenvalue weighted by molar-refractivity contribution is 0.686. The van der Waals surface area contributed by atoms with Crippen molar-refractivity contribution in [3.63, 3.8) is 0 Å². The third kappa shape index (κ3) is 1.46. The predicted octanol–water partition coefficient (Wildman–Crippen LogP) is 2.96. The number of benzene rings is 1. The number of hydrogen-bond donors (Lipinski definition) is 1. The van der Waals surface area contributed by atoms with Crippen LogP contribution in [-0.2, 0) is 12.8 Å². The fourth-order valence-corrected chi connectivity index (χ4v) is 2.44. The quantitative estimate of drug-likeness (QED) is 0.749. The van der Waals surface area contributed by atoms with Crippen molar-refractivity contribution in [1.29, 1.82) is 0 Å². The van der Waals surface area contributed by atoms with Gasteiger partial charge >= 0.3 is 0 Å². The third-order valence-corrected chi connectivity index (χ3v) is 3.18. The van der Waals surface area contributed by atoms with Gasteiger partial charge in [-0.1, -0.05) is 18.2 Å². The van der Waals surface area contributed by atoms with E-state index < -0.39 is 0 Å². The van der Waals surface area contributed by atoms with E-state index in [1.165, 1.54) is 42.4 Å². The number of imidazole rings is 1. The number of aryl methyl sites for hydroxylation is 1. The first-order chi connectivity index (χ1) is 7.45. The Morgan fingerprint density at radius 3 is 2.93 bits per heavy atom. The smallest absolute Gasteiger partial charge is 0.0924 e. The largest absolute Gasteiger partial charge is 0.345 e. The normalized spacial score (nSPS) is 14.9. The van der Waals surface area contributed by atoms with Crippen molar-refractivity contribution in [2.75, 3.05) is 0 Å². The molecule has 2 nitrogen and oxygen atoms in total. The van der Waals surface area contributed by atoms with Gasteiger partial charge in [0.05, 0.1) is 18.2 Å². The molecule has 0 radical (unpaired) electrons. The number of H-pyrrole nitrogens is 1. The molecule has 0 amide bonds. The minimum Gasteiger partial charge on any atom is -0.345 e. The molecule has 0 atom stereocenters. The highest BCUT2D eigenvalue weighted by Crippen LogP contribution is 2.30. The van der Waals surface area contributed by atoms with Gasteiger partial charge in [-0.3, -0.25) is 0 Å². The van der Waals surface area contributed by atoms with Crippen molar-refractivity contribution in [3.8, 4) is 11.3 Å². The molecule has 2 heteroatoms. The summed E-state index contributed by atoms with van der Waals surface area (Å²) in [5, 5.41) is 0. The van der Waals surface area contributed by atoms with Crippen molar-refractivity contribution in [3.05, 3.63) is 41.9 Å². The molecular weight excluding hydrogens is 184 g/mol. The van der Waals surface area contributed by atoms with Crippen LogP contribution in [0.1, 0.15) is 24.0 Å². The van der Waals surface area contributed by atoms with E-state index in [0.717, 1.165) is 5.69 Å². The van der Waals surface area contributed by atoms with Gasteiger partial charge in [0, 0.05) is 5.56 Å². The van der Waals surface area contributed by atoms with Gasteiger partial charge in [0.15, 0.2) is 0 Å². The van der Waals surface area contributed by atoms with E-state index in [9.17, 15) is 0 Å². The van der Waals surface area contributed by atoms with E-state index in [4.69, 9.17) is 0 Å². The van der Waals surface area contributed by atoms with Gasteiger partial charge < -0.3 is 4.98 Å². The van der Waals surface area contributed by atoms with Gasteiger partial charge in [-0.15, -0.1) is 0 Å². The number of nitrogens with zero attached hydrogens (tertiary/aromatic N) is 1. The molecular formula is C13H14N2. The number of aromatic nitrogens is 2. The molecule has 76 valence electrons. The molecule has 0 bridgehead atoms. The monoisotopic (exact) mass is 198 g/mol. The summed E-state index contributed by atoms with van der Waals surface area (Å²) in [6.45, 7) is 0. The summed E-state index contributed by atoms with van der Waals surface area (Å²) in [7, 11) is 0. The van der Waals surface area contributed by atoms with Gasteiger partial charge in [-0.2, -0.15) is 0 Å². The number of nitrogens with one attached hydrogen (secondary N) is 1. The van der Waals surface area contributed by atoms with Crippen LogP contribution in [0.25, 0.3) is 11.3 Å². The summed E-state index contributed by atoms with van der Waals surface area (Å²) in [6.07, 6.45) is 8.75. The van der Waals surface area contributed by atoms with Crippen LogP contribution in [0.5, 0.6) is 0 Å². The molecule has 0 saturated carbocycles. The van der Waals surface area contributed by atoms with Crippen molar-refractivity contribution in [2.24, 2.45) is 0 Å². The average molecular weight is 198 g/mol. The van der Waals surface area contributed by atoms with Crippen LogP contribution in [0.3, 0.4) is 0 Å². The highest BCUT2D eigenvalue weighted by molar-refractivity contribution is 5.65. The molecule has 0 aliphatic heterocycles. The zero-order valence-corrected chi connectivity index (χ0v) is 8.66. The Morgan fingerprint density at radius 1 is 1.13 bits per heavy atom. The second-order valence-electron chi connectivity index (χ2n) is 4.12. The summed E-state index contributed by atoms with van der Waals surface area (Å²) in [5.41, 5.74) is 5.53. The number of fused-ring (bicyclic) bond motifs is 1. The molecule has 2 aromatic rings. The highest BCUT2D eigenvalue weighted by atomic mass is 14.9. The van der Waals surface area contributed by atoms with Crippen LogP contribution >= 0.6 is 0 Å². The first-order valence-corrected chi connectivity index (χ1v) is 5.54. The van der Waals surface area contributed by atoms with Crippen molar-refractivity contribution < 1.29 is 0 Å². The maximum absolute atomic E-state index is 4.09. The lowest BCUT2D eigenvalue weighted by atomic mass is 9.87. The molecule has 0 fully saturated rings. The first kappa shape index (κ1) is 8.72. The molecule has 1 N–H and O–H groups in total. The van der Waals surface area contributed by atoms with Gasteiger partial charge in [0.25, 0.3) is 0 Å². The molecule has 3 rings (SSSR count). The topological polar surface area (TPSA) is 28.7 Å². The van der Waals surface area contributed by atoms with Crippen molar-refractivity contribution >= 4 is 0 Å². The Labute approximate surface area is 89.4 Å². The Morgan fingerprint density at radius 2 is 2.07 bits per heavy atom. The maximum atomic E-state index is 4.09. The lowest BCUT2D eigenvalue weighted by Crippen LogP contribution is -2.04. The van der Waals surface area contributed by atoms with E-state index in [1.54, 1.807) is 6.33 Å². The molecule has 1 aliphatic carbocycles. The van der Waals surface area contributed by atoms with Gasteiger partial charge in [0.1, 0.15) is 0 Å². The Kier molecular flexibility index (Phi) is 2.05. The summed E-state index contributed by atoms with van der Waals surface area (Å²) < 4.78 is 0. The average Bonchev–Trinajstić information content (AvgIpc) is 2.82. The van der Waals surface area contributed by atoms with Crippen LogP contribution in [-0.4, -0.2) is 9.97 Å². The molecule has 0 spiro atoms. The van der Waals surface area contributed by atoms with Crippen LogP contribution in [0.4, 0.5) is 0 Å². The van der Waals surface area contributed by atoms with Crippen LogP contribution in [0, 0.1) is 0 Å². The summed E-state index contributed by atoms with van der Waals surface area (Å²) in [5.74, 6) is 0. The van der Waals surface area contributed by atoms with Gasteiger partial charge in [0.2, 0.25) is 0 Å². The third-order valence-electron chi connectivity index (χ3n) is 3.18. The number of hydrogen-bond acceptors (Lipinski definition) is 1. The van der Waals surface area contributed by atoms with E-state index in [2.05, 4.69) is 28.2 Å². The molecule has 0 saturated heterocycles. The Balaban J connectivity index is 2.15. The second kappa shape index (κ2) is 3.54. The maximum Gasteiger partial charge on any atom is 0.0924 e. The number of aromatic amines is 1. The fraction of sp³-hybridized carbons (Fsp3) is 0.308. The van der Waals surface area contributed by atoms with Gasteiger partial charge in [-0.05, 0) is 36.8 Å². The van der Waals surface area contributed by atoms with Crippen LogP contribution < -0.4 is 0 Å². The fourth-order valence-electron chi connectivity index (χ4n) is 2.44. The van der Waals surface area contributed by atoms with E-state index in [0.29, 0.717) is 0 Å². The van der Waals surface area contributed by atoms with Crippen molar-refractivity contribution in [2.45, 2.75) is 25.7 Å². The first-order valence-electron chi connectivity index (χ1n) is 5.54. The van der Waals surface area contributed by atoms with E-state index in [-0.39, 0.29) is 0 Å². The standard InChI is InChI=1S/C13H14N2/c1-2-6-11-10(4-1)5-3-7-12(11)13-8-14-9-15-13/h3,5,7-9H,1-2,4,6H2,(H,14,15). The zero-order valence-electron chi connectivity index (χ0n) is 8.66. The van der Waals surface area contributed by atoms with Crippen LogP contribution in [0.15, 0.2) is 30.7 Å². The minimum atomic E-state index is 1.15. The Hall–Kier alpha value is -1.57. The van der Waals surface area contributed by atoms with Crippen molar-refractivity contribution in [1.82, 2.24) is 9.97 Å². The van der Waals surface area contributed by atoms with E-state index >= 15 is 0 Å². The molecule has 1 aromatic carbocycles. The summed E-state index contributed by atoms with van der Waals surface area (Å²) >= 11 is 0. The molecule has 1 heterocycles. The summed E-state index contributed by atoms with van der Waals surface area (Å²) in [4.78, 5) is 7.28. The minimum absolute atomic E-state index is 1.15. The molecule has 0 unspecified atom stereocenters. The molecule has 1 aromatic heterocycles.